The highest BCUT2D eigenvalue weighted by molar-refractivity contribution is 5.41. The molecule has 6 heteroatoms. The predicted octanol–water partition coefficient (Wildman–Crippen LogP) is 1.93. The highest BCUT2D eigenvalue weighted by Gasteiger charge is 2.34. The molecule has 0 bridgehead atoms. The number of halogens is 3. The van der Waals surface area contributed by atoms with E-state index in [9.17, 15) is 18.0 Å². The summed E-state index contributed by atoms with van der Waals surface area (Å²) in [6.45, 7) is 1.49. The molecule has 0 saturated carbocycles. The first kappa shape index (κ1) is 11.6. The van der Waals surface area contributed by atoms with Gasteiger partial charge in [0, 0.05) is 13.6 Å². The van der Waals surface area contributed by atoms with E-state index in [1.807, 2.05) is 0 Å². The zero-order valence-electron chi connectivity index (χ0n) is 8.35. The Morgan fingerprint density at radius 1 is 1.40 bits per heavy atom. The number of pyridine rings is 1. The Hall–Kier alpha value is -1.46. The molecule has 1 aromatic rings. The fraction of sp³-hybridized carbons (Fsp3) is 0.444. The summed E-state index contributed by atoms with van der Waals surface area (Å²) in [4.78, 5) is 11.5. The van der Waals surface area contributed by atoms with Crippen LogP contribution in [0.25, 0.3) is 0 Å². The monoisotopic (exact) mass is 220 g/mol. The minimum Gasteiger partial charge on any atom is -0.384 e. The van der Waals surface area contributed by atoms with Crippen LogP contribution in [0, 0.1) is 0 Å². The Balaban J connectivity index is 3.45. The average Bonchev–Trinajstić information content (AvgIpc) is 2.15. The summed E-state index contributed by atoms with van der Waals surface area (Å²) in [6.07, 6.45) is -4.50. The molecule has 0 atom stereocenters. The van der Waals surface area contributed by atoms with Crippen LogP contribution in [0.15, 0.2) is 16.9 Å². The molecule has 0 amide bonds. The molecule has 0 aliphatic carbocycles. The topological polar surface area (TPSA) is 34.0 Å². The third-order valence-electron chi connectivity index (χ3n) is 2.05. The van der Waals surface area contributed by atoms with Gasteiger partial charge in [0.1, 0.15) is 11.4 Å². The fourth-order valence-electron chi connectivity index (χ4n) is 1.33. The normalized spacial score (nSPS) is 11.5. The summed E-state index contributed by atoms with van der Waals surface area (Å²) in [5.74, 6) is 0. The Morgan fingerprint density at radius 2 is 2.00 bits per heavy atom. The highest BCUT2D eigenvalue weighted by atomic mass is 19.4. The van der Waals surface area contributed by atoms with E-state index in [1.54, 1.807) is 0 Å². The van der Waals surface area contributed by atoms with E-state index in [2.05, 4.69) is 5.32 Å². The van der Waals surface area contributed by atoms with Gasteiger partial charge in [-0.2, -0.15) is 13.2 Å². The molecule has 1 N–H and O–H groups in total. The average molecular weight is 220 g/mol. The SMILES string of the molecule is CCn1c(C(F)(F)F)ccc(NC)c1=O. The van der Waals surface area contributed by atoms with Crippen LogP contribution >= 0.6 is 0 Å². The predicted molar refractivity (Wildman–Crippen MR) is 50.9 cm³/mol. The Kier molecular flexibility index (Phi) is 3.06. The lowest BCUT2D eigenvalue weighted by atomic mass is 10.3. The number of nitrogens with one attached hydrogen (secondary N) is 1. The van der Waals surface area contributed by atoms with Gasteiger partial charge in [-0.3, -0.25) is 4.79 Å². The fourth-order valence-corrected chi connectivity index (χ4v) is 1.33. The maximum Gasteiger partial charge on any atom is 0.431 e. The third-order valence-corrected chi connectivity index (χ3v) is 2.05. The molecule has 0 unspecified atom stereocenters. The van der Waals surface area contributed by atoms with Crippen LogP contribution in [-0.4, -0.2) is 11.6 Å². The van der Waals surface area contributed by atoms with E-state index in [1.165, 1.54) is 14.0 Å². The van der Waals surface area contributed by atoms with Crippen LogP contribution in [0.3, 0.4) is 0 Å². The number of hydrogen-bond acceptors (Lipinski definition) is 2. The minimum absolute atomic E-state index is 0.0107. The molecule has 1 rings (SSSR count). The molecule has 0 radical (unpaired) electrons. The van der Waals surface area contributed by atoms with E-state index in [0.29, 0.717) is 4.57 Å². The zero-order chi connectivity index (χ0) is 11.6. The summed E-state index contributed by atoms with van der Waals surface area (Å²) in [7, 11) is 1.49. The lowest BCUT2D eigenvalue weighted by Crippen LogP contribution is -2.28. The molecule has 0 fully saturated rings. The molecule has 84 valence electrons. The molecule has 15 heavy (non-hydrogen) atoms. The molecule has 0 aliphatic heterocycles. The van der Waals surface area contributed by atoms with Crippen molar-refractivity contribution in [2.45, 2.75) is 19.6 Å². The molecular formula is C9H11F3N2O. The van der Waals surface area contributed by atoms with E-state index >= 15 is 0 Å². The summed E-state index contributed by atoms with van der Waals surface area (Å²) in [5.41, 5.74) is -1.42. The summed E-state index contributed by atoms with van der Waals surface area (Å²) in [6, 6.07) is 2.04. The molecule has 3 nitrogen and oxygen atoms in total. The standard InChI is InChI=1S/C9H11F3N2O/c1-3-14-7(9(10,11)12)5-4-6(13-2)8(14)15/h4-5,13H,3H2,1-2H3. The maximum absolute atomic E-state index is 12.5. The van der Waals surface area contributed by atoms with Gasteiger partial charge in [0.15, 0.2) is 0 Å². The van der Waals surface area contributed by atoms with Gasteiger partial charge in [-0.25, -0.2) is 0 Å². The van der Waals surface area contributed by atoms with Crippen LogP contribution < -0.4 is 10.9 Å². The van der Waals surface area contributed by atoms with E-state index < -0.39 is 17.4 Å². The summed E-state index contributed by atoms with van der Waals surface area (Å²) >= 11 is 0. The van der Waals surface area contributed by atoms with Crippen LogP contribution in [0.2, 0.25) is 0 Å². The zero-order valence-corrected chi connectivity index (χ0v) is 8.35. The van der Waals surface area contributed by atoms with E-state index in [0.717, 1.165) is 12.1 Å². The maximum atomic E-state index is 12.5. The number of nitrogens with zero attached hydrogens (tertiary/aromatic N) is 1. The number of anilines is 1. The van der Waals surface area contributed by atoms with Gasteiger partial charge in [0.25, 0.3) is 5.56 Å². The molecule has 0 spiro atoms. The van der Waals surface area contributed by atoms with Crippen molar-refractivity contribution in [2.24, 2.45) is 0 Å². The molecule has 0 aromatic carbocycles. The molecular weight excluding hydrogens is 209 g/mol. The van der Waals surface area contributed by atoms with Gasteiger partial charge >= 0.3 is 6.18 Å². The van der Waals surface area contributed by atoms with Gasteiger partial charge < -0.3 is 9.88 Å². The van der Waals surface area contributed by atoms with Crippen LogP contribution in [0.4, 0.5) is 18.9 Å². The van der Waals surface area contributed by atoms with Crippen molar-refractivity contribution in [3.8, 4) is 0 Å². The Bertz CT molecular complexity index is 409. The second kappa shape index (κ2) is 3.96. The molecule has 1 heterocycles. The van der Waals surface area contributed by atoms with Crippen molar-refractivity contribution in [3.63, 3.8) is 0 Å². The van der Waals surface area contributed by atoms with Gasteiger partial charge in [-0.1, -0.05) is 0 Å². The van der Waals surface area contributed by atoms with Crippen LogP contribution in [0.5, 0.6) is 0 Å². The Labute approximate surface area is 84.5 Å². The van der Waals surface area contributed by atoms with Gasteiger partial charge in [0.2, 0.25) is 0 Å². The van der Waals surface area contributed by atoms with Crippen molar-refractivity contribution in [1.29, 1.82) is 0 Å². The quantitative estimate of drug-likeness (QED) is 0.826. The van der Waals surface area contributed by atoms with Gasteiger partial charge in [-0.05, 0) is 19.1 Å². The Morgan fingerprint density at radius 3 is 2.40 bits per heavy atom. The van der Waals surface area contributed by atoms with Crippen molar-refractivity contribution in [1.82, 2.24) is 4.57 Å². The first-order chi connectivity index (χ1) is 6.91. The first-order valence-corrected chi connectivity index (χ1v) is 4.40. The second-order valence-electron chi connectivity index (χ2n) is 2.93. The first-order valence-electron chi connectivity index (χ1n) is 4.40. The van der Waals surface area contributed by atoms with Crippen molar-refractivity contribution in [2.75, 3.05) is 12.4 Å². The lowest BCUT2D eigenvalue weighted by molar-refractivity contribution is -0.144. The molecule has 0 aliphatic rings. The number of rotatable bonds is 2. The number of hydrogen-bond donors (Lipinski definition) is 1. The van der Waals surface area contributed by atoms with E-state index in [-0.39, 0.29) is 12.2 Å². The number of alkyl halides is 3. The molecule has 1 aromatic heterocycles. The summed E-state index contributed by atoms with van der Waals surface area (Å²) < 4.78 is 38.1. The minimum atomic E-state index is -4.50. The van der Waals surface area contributed by atoms with Crippen molar-refractivity contribution in [3.05, 3.63) is 28.2 Å². The largest absolute Gasteiger partial charge is 0.431 e. The lowest BCUT2D eigenvalue weighted by Gasteiger charge is -2.14. The second-order valence-corrected chi connectivity index (χ2v) is 2.93. The van der Waals surface area contributed by atoms with Crippen molar-refractivity contribution >= 4 is 5.69 Å². The van der Waals surface area contributed by atoms with Gasteiger partial charge in [-0.15, -0.1) is 0 Å². The van der Waals surface area contributed by atoms with Crippen LogP contribution in [0.1, 0.15) is 12.6 Å². The third kappa shape index (κ3) is 2.14. The van der Waals surface area contributed by atoms with Crippen LogP contribution in [-0.2, 0) is 12.7 Å². The molecule has 0 saturated heterocycles. The van der Waals surface area contributed by atoms with E-state index in [4.69, 9.17) is 0 Å². The summed E-state index contributed by atoms with van der Waals surface area (Å²) in [5, 5.41) is 2.55. The smallest absolute Gasteiger partial charge is 0.384 e. The van der Waals surface area contributed by atoms with Crippen molar-refractivity contribution < 1.29 is 13.2 Å². The highest BCUT2D eigenvalue weighted by Crippen LogP contribution is 2.28. The van der Waals surface area contributed by atoms with Gasteiger partial charge in [0.05, 0.1) is 0 Å². The number of aromatic nitrogens is 1.